The number of aromatic nitrogens is 2. The lowest BCUT2D eigenvalue weighted by Crippen LogP contribution is -2.25. The number of furan rings is 1. The molecule has 0 aliphatic carbocycles. The standard InChI is InChI=1S/C21H24Cl2N2O2/c1-4-5-6-7-8-21(2,3)20-24-18(26)17-16(12-27-19(17)25-20)13-9-14(22)11-15(23)10-13/h9-12H,4-8H2,1-3H3,(H,24,25,26). The van der Waals surface area contributed by atoms with Crippen LogP contribution in [0, 0.1) is 0 Å². The van der Waals surface area contributed by atoms with E-state index in [2.05, 4.69) is 30.7 Å². The lowest BCUT2D eigenvalue weighted by atomic mass is 9.86. The monoisotopic (exact) mass is 406 g/mol. The van der Waals surface area contributed by atoms with Gasteiger partial charge in [-0.25, -0.2) is 0 Å². The molecule has 0 aliphatic rings. The highest BCUT2D eigenvalue weighted by Crippen LogP contribution is 2.33. The summed E-state index contributed by atoms with van der Waals surface area (Å²) in [5.74, 6) is 0.654. The molecule has 0 radical (unpaired) electrons. The molecule has 1 aromatic carbocycles. The van der Waals surface area contributed by atoms with Crippen molar-refractivity contribution in [2.24, 2.45) is 0 Å². The van der Waals surface area contributed by atoms with Crippen LogP contribution in [0.4, 0.5) is 0 Å². The summed E-state index contributed by atoms with van der Waals surface area (Å²) in [5.41, 5.74) is 1.26. The van der Waals surface area contributed by atoms with Gasteiger partial charge in [0.1, 0.15) is 17.5 Å². The van der Waals surface area contributed by atoms with Gasteiger partial charge < -0.3 is 9.40 Å². The van der Waals surface area contributed by atoms with E-state index < -0.39 is 0 Å². The van der Waals surface area contributed by atoms with Gasteiger partial charge in [0, 0.05) is 21.0 Å². The molecule has 0 spiro atoms. The van der Waals surface area contributed by atoms with Crippen LogP contribution in [0.3, 0.4) is 0 Å². The number of hydrogen-bond donors (Lipinski definition) is 1. The Morgan fingerprint density at radius 3 is 2.48 bits per heavy atom. The molecule has 1 N–H and O–H groups in total. The molecule has 0 atom stereocenters. The van der Waals surface area contributed by atoms with Gasteiger partial charge in [-0.15, -0.1) is 0 Å². The van der Waals surface area contributed by atoms with E-state index in [1.54, 1.807) is 18.2 Å². The third-order valence-electron chi connectivity index (χ3n) is 4.91. The minimum Gasteiger partial charge on any atom is -0.445 e. The molecular formula is C21H24Cl2N2O2. The predicted octanol–water partition coefficient (Wildman–Crippen LogP) is 6.74. The molecule has 0 amide bonds. The summed E-state index contributed by atoms with van der Waals surface area (Å²) >= 11 is 12.2. The maximum atomic E-state index is 12.8. The second-order valence-electron chi connectivity index (χ2n) is 7.60. The van der Waals surface area contributed by atoms with Crippen molar-refractivity contribution in [3.05, 3.63) is 50.7 Å². The Labute approximate surface area is 168 Å². The molecule has 3 rings (SSSR count). The van der Waals surface area contributed by atoms with Crippen LogP contribution in [-0.4, -0.2) is 9.97 Å². The van der Waals surface area contributed by atoms with E-state index in [0.29, 0.717) is 32.5 Å². The first-order valence-corrected chi connectivity index (χ1v) is 10.1. The van der Waals surface area contributed by atoms with Crippen LogP contribution in [0.1, 0.15) is 58.7 Å². The summed E-state index contributed by atoms with van der Waals surface area (Å²) in [6, 6.07) is 5.15. The Kier molecular flexibility index (Phi) is 5.97. The number of H-pyrrole nitrogens is 1. The number of unbranched alkanes of at least 4 members (excludes halogenated alkanes) is 3. The fraction of sp³-hybridized carbons (Fsp3) is 0.429. The molecule has 4 nitrogen and oxygen atoms in total. The highest BCUT2D eigenvalue weighted by atomic mass is 35.5. The normalized spacial score (nSPS) is 12.0. The fourth-order valence-electron chi connectivity index (χ4n) is 3.30. The van der Waals surface area contributed by atoms with Crippen LogP contribution in [-0.2, 0) is 5.41 Å². The maximum Gasteiger partial charge on any atom is 0.262 e. The molecule has 2 heterocycles. The topological polar surface area (TPSA) is 58.9 Å². The second kappa shape index (κ2) is 8.07. The molecule has 0 aliphatic heterocycles. The van der Waals surface area contributed by atoms with Crippen LogP contribution in [0.15, 0.2) is 33.7 Å². The van der Waals surface area contributed by atoms with Crippen molar-refractivity contribution < 1.29 is 4.42 Å². The van der Waals surface area contributed by atoms with Crippen molar-refractivity contribution >= 4 is 34.3 Å². The minimum atomic E-state index is -0.229. The average Bonchev–Trinajstić information content (AvgIpc) is 3.02. The molecule has 0 fully saturated rings. The van der Waals surface area contributed by atoms with Gasteiger partial charge in [0.05, 0.1) is 0 Å². The summed E-state index contributed by atoms with van der Waals surface area (Å²) in [7, 11) is 0. The molecule has 144 valence electrons. The lowest BCUT2D eigenvalue weighted by Gasteiger charge is -2.23. The fourth-order valence-corrected chi connectivity index (χ4v) is 3.83. The smallest absolute Gasteiger partial charge is 0.262 e. The first kappa shape index (κ1) is 20.0. The van der Waals surface area contributed by atoms with Crippen LogP contribution >= 0.6 is 23.2 Å². The van der Waals surface area contributed by atoms with E-state index in [0.717, 1.165) is 18.4 Å². The van der Waals surface area contributed by atoms with Gasteiger partial charge in [0.15, 0.2) is 0 Å². The van der Waals surface area contributed by atoms with E-state index in [1.807, 2.05) is 0 Å². The summed E-state index contributed by atoms with van der Waals surface area (Å²) in [5, 5.41) is 1.42. The van der Waals surface area contributed by atoms with Crippen LogP contribution in [0.5, 0.6) is 0 Å². The third kappa shape index (κ3) is 4.39. The quantitative estimate of drug-likeness (QED) is 0.441. The molecular weight excluding hydrogens is 383 g/mol. The van der Waals surface area contributed by atoms with E-state index in [-0.39, 0.29) is 11.0 Å². The van der Waals surface area contributed by atoms with Crippen LogP contribution < -0.4 is 5.56 Å². The number of nitrogens with one attached hydrogen (secondary N) is 1. The van der Waals surface area contributed by atoms with Crippen molar-refractivity contribution in [2.45, 2.75) is 58.3 Å². The largest absolute Gasteiger partial charge is 0.445 e. The first-order valence-electron chi connectivity index (χ1n) is 9.30. The van der Waals surface area contributed by atoms with E-state index in [1.165, 1.54) is 25.5 Å². The van der Waals surface area contributed by atoms with E-state index in [9.17, 15) is 4.79 Å². The van der Waals surface area contributed by atoms with Crippen molar-refractivity contribution in [1.82, 2.24) is 9.97 Å². The number of fused-ring (bicyclic) bond motifs is 1. The zero-order valence-corrected chi connectivity index (χ0v) is 17.4. The first-order chi connectivity index (χ1) is 12.8. The number of halogens is 2. The Morgan fingerprint density at radius 1 is 1.11 bits per heavy atom. The zero-order valence-electron chi connectivity index (χ0n) is 15.9. The SMILES string of the molecule is CCCCCCC(C)(C)c1nc2occ(-c3cc(Cl)cc(Cl)c3)c2c(=O)[nH]1. The Balaban J connectivity index is 1.98. The average molecular weight is 407 g/mol. The molecule has 2 aromatic heterocycles. The summed E-state index contributed by atoms with van der Waals surface area (Å²) in [6.07, 6.45) is 7.21. The van der Waals surface area contributed by atoms with Crippen molar-refractivity contribution in [3.8, 4) is 11.1 Å². The number of aromatic amines is 1. The molecule has 0 bridgehead atoms. The minimum absolute atomic E-state index is 0.212. The molecule has 6 heteroatoms. The van der Waals surface area contributed by atoms with Crippen molar-refractivity contribution in [1.29, 1.82) is 0 Å². The van der Waals surface area contributed by atoms with Crippen molar-refractivity contribution in [3.63, 3.8) is 0 Å². The van der Waals surface area contributed by atoms with E-state index in [4.69, 9.17) is 27.6 Å². The molecule has 3 aromatic rings. The van der Waals surface area contributed by atoms with Crippen LogP contribution in [0.25, 0.3) is 22.2 Å². The van der Waals surface area contributed by atoms with Gasteiger partial charge in [-0.05, 0) is 30.2 Å². The number of rotatable bonds is 7. The number of hydrogen-bond acceptors (Lipinski definition) is 3. The highest BCUT2D eigenvalue weighted by molar-refractivity contribution is 6.35. The van der Waals surface area contributed by atoms with Gasteiger partial charge >= 0.3 is 0 Å². The second-order valence-corrected chi connectivity index (χ2v) is 8.47. The summed E-state index contributed by atoms with van der Waals surface area (Å²) < 4.78 is 5.63. The van der Waals surface area contributed by atoms with Gasteiger partial charge in [0.25, 0.3) is 5.56 Å². The highest BCUT2D eigenvalue weighted by Gasteiger charge is 2.25. The Hall–Kier alpha value is -1.78. The molecule has 27 heavy (non-hydrogen) atoms. The zero-order chi connectivity index (χ0) is 19.6. The van der Waals surface area contributed by atoms with Gasteiger partial charge in [0.2, 0.25) is 5.71 Å². The van der Waals surface area contributed by atoms with Gasteiger partial charge in [-0.1, -0.05) is 69.7 Å². The van der Waals surface area contributed by atoms with E-state index >= 15 is 0 Å². The lowest BCUT2D eigenvalue weighted by molar-refractivity contribution is 0.420. The molecule has 0 saturated carbocycles. The van der Waals surface area contributed by atoms with Gasteiger partial charge in [-0.3, -0.25) is 4.79 Å². The Morgan fingerprint density at radius 2 is 1.81 bits per heavy atom. The maximum absolute atomic E-state index is 12.8. The molecule has 0 unspecified atom stereocenters. The summed E-state index contributed by atoms with van der Waals surface area (Å²) in [4.78, 5) is 20.4. The Bertz CT molecular complexity index is 985. The van der Waals surface area contributed by atoms with Gasteiger partial charge in [-0.2, -0.15) is 4.98 Å². The summed E-state index contributed by atoms with van der Waals surface area (Å²) in [6.45, 7) is 6.40. The third-order valence-corrected chi connectivity index (χ3v) is 5.35. The number of nitrogens with zero attached hydrogens (tertiary/aromatic N) is 1. The van der Waals surface area contributed by atoms with Crippen LogP contribution in [0.2, 0.25) is 10.0 Å². The molecule has 0 saturated heterocycles. The van der Waals surface area contributed by atoms with Crippen molar-refractivity contribution in [2.75, 3.05) is 0 Å². The number of benzene rings is 1. The predicted molar refractivity (Wildman–Crippen MR) is 112 cm³/mol.